The number of nitrogens with one attached hydrogen (secondary N) is 1. The first-order valence-electron chi connectivity index (χ1n) is 13.9. The summed E-state index contributed by atoms with van der Waals surface area (Å²) in [6.07, 6.45) is 4.79. The van der Waals surface area contributed by atoms with Gasteiger partial charge in [-0.25, -0.2) is 13.8 Å². The molecular weight excluding hydrogens is 647 g/mol. The van der Waals surface area contributed by atoms with Crippen LogP contribution in [0.15, 0.2) is 41.4 Å². The molecule has 3 N–H and O–H groups in total. The summed E-state index contributed by atoms with van der Waals surface area (Å²) in [4.78, 5) is 34.8. The van der Waals surface area contributed by atoms with Gasteiger partial charge in [-0.05, 0) is 42.8 Å². The lowest BCUT2D eigenvalue weighted by atomic mass is 9.94. The quantitative estimate of drug-likeness (QED) is 0.148. The summed E-state index contributed by atoms with van der Waals surface area (Å²) >= 11 is 18.8. The fourth-order valence-corrected chi connectivity index (χ4v) is 6.54. The number of halogens is 5. The first kappa shape index (κ1) is 32.3. The SMILES string of the molecule is C=CC(=O)N1CCN(c2c(C#N)c(=O)n(C3=C(C)C=CNC3C(C)C)c3nc(-c4c(N)c(F)c(Cl)c(F)c4Cl)c(Cl)cc23)CC1. The van der Waals surface area contributed by atoms with E-state index in [1.54, 1.807) is 17.2 Å². The van der Waals surface area contributed by atoms with Gasteiger partial charge in [-0.15, -0.1) is 0 Å². The van der Waals surface area contributed by atoms with Crippen molar-refractivity contribution in [3.05, 3.63) is 79.2 Å². The number of anilines is 2. The van der Waals surface area contributed by atoms with Gasteiger partial charge in [0, 0.05) is 37.1 Å². The molecule has 1 fully saturated rings. The van der Waals surface area contributed by atoms with Gasteiger partial charge in [0.05, 0.1) is 38.9 Å². The molecule has 0 spiro atoms. The summed E-state index contributed by atoms with van der Waals surface area (Å²) in [5, 5.41) is 12.4. The van der Waals surface area contributed by atoms with Crippen molar-refractivity contribution in [2.45, 2.75) is 26.8 Å². The molecule has 0 saturated carbocycles. The molecule has 4 heterocycles. The van der Waals surface area contributed by atoms with Gasteiger partial charge in [0.1, 0.15) is 22.3 Å². The van der Waals surface area contributed by atoms with Gasteiger partial charge in [-0.2, -0.15) is 5.26 Å². The summed E-state index contributed by atoms with van der Waals surface area (Å²) in [6, 6.07) is 3.18. The van der Waals surface area contributed by atoms with Crippen molar-refractivity contribution in [3.8, 4) is 17.3 Å². The summed E-state index contributed by atoms with van der Waals surface area (Å²) in [5.74, 6) is -2.74. The van der Waals surface area contributed by atoms with Gasteiger partial charge >= 0.3 is 0 Å². The maximum atomic E-state index is 14.9. The number of allylic oxidation sites excluding steroid dienone is 2. The van der Waals surface area contributed by atoms with E-state index in [2.05, 4.69) is 18.0 Å². The molecule has 2 aromatic heterocycles. The molecule has 1 unspecified atom stereocenters. The Morgan fingerprint density at radius 1 is 1.20 bits per heavy atom. The Balaban J connectivity index is 1.90. The maximum absolute atomic E-state index is 14.9. The topological polar surface area (TPSA) is 120 Å². The fourth-order valence-electron chi connectivity index (χ4n) is 5.77. The number of hydrogen-bond donors (Lipinski definition) is 2. The zero-order valence-electron chi connectivity index (χ0n) is 24.5. The number of piperazine rings is 1. The second-order valence-electron chi connectivity index (χ2n) is 11.0. The number of carbonyl (C=O) groups is 1. The molecule has 1 amide bonds. The minimum absolute atomic E-state index is 0.0150. The lowest BCUT2D eigenvalue weighted by Gasteiger charge is -2.37. The van der Waals surface area contributed by atoms with E-state index in [9.17, 15) is 23.6 Å². The van der Waals surface area contributed by atoms with E-state index in [0.717, 1.165) is 5.57 Å². The molecule has 1 aromatic carbocycles. The Morgan fingerprint density at radius 2 is 1.87 bits per heavy atom. The molecule has 0 radical (unpaired) electrons. The standard InChI is InChI=1S/C31H28Cl3F2N7O2/c1-5-19(44)41-8-10-42(11-9-41)29-16-12-18(32)27(20-21(33)23(35)22(34)24(36)25(20)38)40-30(16)43(31(45)17(29)13-37)28-15(4)6-7-39-26(28)14(2)3/h5-7,12,14,26,39H,1,8-11,38H2,2-4H3. The molecule has 1 atom stereocenters. The minimum atomic E-state index is -1.25. The number of dihydropyridines is 1. The molecule has 0 aliphatic carbocycles. The highest BCUT2D eigenvalue weighted by Crippen LogP contribution is 2.44. The Morgan fingerprint density at radius 3 is 2.47 bits per heavy atom. The predicted octanol–water partition coefficient (Wildman–Crippen LogP) is 5.96. The van der Waals surface area contributed by atoms with Crippen LogP contribution in [0.2, 0.25) is 15.1 Å². The van der Waals surface area contributed by atoms with E-state index in [4.69, 9.17) is 45.5 Å². The average molecular weight is 675 g/mol. The molecule has 0 bridgehead atoms. The molecular formula is C31H28Cl3F2N7O2. The van der Waals surface area contributed by atoms with Crippen LogP contribution in [-0.2, 0) is 4.79 Å². The van der Waals surface area contributed by atoms with Gasteiger partial charge in [-0.1, -0.05) is 55.2 Å². The molecule has 3 aromatic rings. The second kappa shape index (κ2) is 12.4. The number of pyridine rings is 2. The van der Waals surface area contributed by atoms with Crippen LogP contribution >= 0.6 is 34.8 Å². The van der Waals surface area contributed by atoms with E-state index in [0.29, 0.717) is 37.3 Å². The van der Waals surface area contributed by atoms with Gasteiger partial charge in [-0.3, -0.25) is 14.2 Å². The lowest BCUT2D eigenvalue weighted by molar-refractivity contribution is -0.126. The first-order chi connectivity index (χ1) is 21.3. The number of carbonyl (C=O) groups excluding carboxylic acids is 1. The third-order valence-corrected chi connectivity index (χ3v) is 9.00. The maximum Gasteiger partial charge on any atom is 0.276 e. The Labute approximate surface area is 272 Å². The fraction of sp³-hybridized carbons (Fsp3) is 0.290. The second-order valence-corrected chi connectivity index (χ2v) is 12.2. The molecule has 45 heavy (non-hydrogen) atoms. The molecule has 234 valence electrons. The number of hydrogen-bond acceptors (Lipinski definition) is 7. The zero-order chi connectivity index (χ0) is 32.9. The van der Waals surface area contributed by atoms with E-state index in [-0.39, 0.29) is 51.0 Å². The number of benzene rings is 1. The lowest BCUT2D eigenvalue weighted by Crippen LogP contribution is -2.49. The number of nitrogens with zero attached hydrogens (tertiary/aromatic N) is 5. The summed E-state index contributed by atoms with van der Waals surface area (Å²) < 4.78 is 31.2. The van der Waals surface area contributed by atoms with Crippen molar-refractivity contribution in [2.75, 3.05) is 36.8 Å². The van der Waals surface area contributed by atoms with Crippen molar-refractivity contribution >= 4 is 68.8 Å². The van der Waals surface area contributed by atoms with Crippen molar-refractivity contribution in [1.29, 1.82) is 5.26 Å². The molecule has 9 nitrogen and oxygen atoms in total. The van der Waals surface area contributed by atoms with Gasteiger partial charge in [0.25, 0.3) is 5.56 Å². The van der Waals surface area contributed by atoms with Gasteiger partial charge in [0.2, 0.25) is 5.91 Å². The molecule has 14 heteroatoms. The number of nitrogen functional groups attached to an aromatic ring is 1. The Hall–Kier alpha value is -4.11. The largest absolute Gasteiger partial charge is 0.396 e. The third kappa shape index (κ3) is 5.31. The number of nitrogens with two attached hydrogens (primary N) is 1. The molecule has 1 saturated heterocycles. The summed E-state index contributed by atoms with van der Waals surface area (Å²) in [6.45, 7) is 10.5. The van der Waals surface area contributed by atoms with Crippen LogP contribution in [0.1, 0.15) is 26.3 Å². The molecule has 2 aliphatic heterocycles. The van der Waals surface area contributed by atoms with Crippen LogP contribution in [0, 0.1) is 28.9 Å². The highest BCUT2D eigenvalue weighted by molar-refractivity contribution is 6.39. The number of nitriles is 1. The number of aromatic nitrogens is 2. The van der Waals surface area contributed by atoms with E-state index in [1.165, 1.54) is 16.7 Å². The Bertz CT molecular complexity index is 1910. The van der Waals surface area contributed by atoms with Crippen LogP contribution < -0.4 is 21.5 Å². The smallest absolute Gasteiger partial charge is 0.276 e. The van der Waals surface area contributed by atoms with Crippen LogP contribution in [0.3, 0.4) is 0 Å². The van der Waals surface area contributed by atoms with E-state index in [1.807, 2.05) is 25.7 Å². The third-order valence-electron chi connectivity index (χ3n) is 8.03. The van der Waals surface area contributed by atoms with Gasteiger partial charge < -0.3 is 20.9 Å². The number of fused-ring (bicyclic) bond motifs is 1. The predicted molar refractivity (Wildman–Crippen MR) is 174 cm³/mol. The Kier molecular flexibility index (Phi) is 8.86. The van der Waals surface area contributed by atoms with E-state index >= 15 is 0 Å². The van der Waals surface area contributed by atoms with Crippen molar-refractivity contribution < 1.29 is 13.6 Å². The van der Waals surface area contributed by atoms with Gasteiger partial charge in [0.15, 0.2) is 11.6 Å². The molecule has 5 rings (SSSR count). The monoisotopic (exact) mass is 673 g/mol. The minimum Gasteiger partial charge on any atom is -0.396 e. The van der Waals surface area contributed by atoms with E-state index < -0.39 is 32.9 Å². The van der Waals surface area contributed by atoms with Crippen LogP contribution in [-0.4, -0.2) is 52.6 Å². The van der Waals surface area contributed by atoms with Crippen LogP contribution in [0.25, 0.3) is 28.0 Å². The van der Waals surface area contributed by atoms with Crippen molar-refractivity contribution in [2.24, 2.45) is 5.92 Å². The number of amides is 1. The normalized spacial score (nSPS) is 16.8. The zero-order valence-corrected chi connectivity index (χ0v) is 26.8. The number of rotatable bonds is 5. The van der Waals surface area contributed by atoms with Crippen LogP contribution in [0.4, 0.5) is 20.2 Å². The van der Waals surface area contributed by atoms with Crippen LogP contribution in [0.5, 0.6) is 0 Å². The van der Waals surface area contributed by atoms with Crippen molar-refractivity contribution in [1.82, 2.24) is 19.8 Å². The highest BCUT2D eigenvalue weighted by Gasteiger charge is 2.33. The average Bonchev–Trinajstić information content (AvgIpc) is 3.02. The summed E-state index contributed by atoms with van der Waals surface area (Å²) in [5.41, 5.74) is 5.70. The first-order valence-corrected chi connectivity index (χ1v) is 15.1. The summed E-state index contributed by atoms with van der Waals surface area (Å²) in [7, 11) is 0. The highest BCUT2D eigenvalue weighted by atomic mass is 35.5. The molecule has 2 aliphatic rings. The van der Waals surface area contributed by atoms with Crippen molar-refractivity contribution in [3.63, 3.8) is 0 Å².